The van der Waals surface area contributed by atoms with Crippen molar-refractivity contribution in [1.82, 2.24) is 5.32 Å². The van der Waals surface area contributed by atoms with Crippen LogP contribution in [0.25, 0.3) is 11.6 Å². The number of fused-ring (bicyclic) bond motifs is 1. The summed E-state index contributed by atoms with van der Waals surface area (Å²) in [6, 6.07) is 9.88. The Bertz CT molecular complexity index is 1300. The van der Waals surface area contributed by atoms with Crippen LogP contribution >= 0.6 is 15.9 Å². The number of imide groups is 2. The van der Waals surface area contributed by atoms with Crippen molar-refractivity contribution in [3.8, 4) is 5.75 Å². The minimum atomic E-state index is -0.788. The third kappa shape index (κ3) is 4.50. The Morgan fingerprint density at radius 3 is 2.54 bits per heavy atom. The molecule has 4 amide bonds. The quantitative estimate of drug-likeness (QED) is 0.400. The van der Waals surface area contributed by atoms with Gasteiger partial charge in [0.25, 0.3) is 11.8 Å². The Labute approximate surface area is 213 Å². The van der Waals surface area contributed by atoms with Gasteiger partial charge < -0.3 is 9.64 Å². The van der Waals surface area contributed by atoms with Crippen LogP contribution in [-0.2, 0) is 9.59 Å². The minimum absolute atomic E-state index is 0.147. The summed E-state index contributed by atoms with van der Waals surface area (Å²) in [5.74, 6) is -0.904. The number of rotatable bonds is 5. The summed E-state index contributed by atoms with van der Waals surface area (Å²) in [7, 11) is 1.56. The maximum atomic E-state index is 13.3. The summed E-state index contributed by atoms with van der Waals surface area (Å²) >= 11 is 3.36. The van der Waals surface area contributed by atoms with E-state index in [0.717, 1.165) is 34.7 Å². The van der Waals surface area contributed by atoms with Crippen LogP contribution in [0.1, 0.15) is 45.2 Å². The average molecular weight is 538 g/mol. The number of allylic oxidation sites excluding steroid dienone is 1. The molecule has 2 aliphatic heterocycles. The number of benzene rings is 2. The number of ether oxygens (including phenoxy) is 1. The van der Waals surface area contributed by atoms with Crippen molar-refractivity contribution in [2.24, 2.45) is 0 Å². The molecule has 2 aliphatic rings. The summed E-state index contributed by atoms with van der Waals surface area (Å²) in [6.45, 7) is 9.42. The first-order valence-corrected chi connectivity index (χ1v) is 12.2. The summed E-state index contributed by atoms with van der Waals surface area (Å²) in [6.07, 6.45) is 4.70. The van der Waals surface area contributed by atoms with E-state index >= 15 is 0 Å². The van der Waals surface area contributed by atoms with E-state index in [1.807, 2.05) is 12.1 Å². The molecular formula is C27H28BrN3O4. The fraction of sp³-hybridized carbons (Fsp3) is 0.296. The molecule has 0 radical (unpaired) electrons. The second-order valence-corrected chi connectivity index (χ2v) is 10.1. The normalized spacial score (nSPS) is 18.4. The van der Waals surface area contributed by atoms with Crippen LogP contribution in [0.5, 0.6) is 5.75 Å². The molecule has 2 heterocycles. The van der Waals surface area contributed by atoms with Crippen LogP contribution in [0, 0.1) is 0 Å². The average Bonchev–Trinajstić information content (AvgIpc) is 2.78. The molecule has 0 saturated carbocycles. The Hall–Kier alpha value is -3.39. The van der Waals surface area contributed by atoms with Crippen molar-refractivity contribution in [1.29, 1.82) is 0 Å². The number of methoxy groups -OCH3 is 1. The summed E-state index contributed by atoms with van der Waals surface area (Å²) in [5, 5.41) is 2.27. The van der Waals surface area contributed by atoms with Crippen LogP contribution in [0.15, 0.2) is 52.5 Å². The molecule has 0 spiro atoms. The van der Waals surface area contributed by atoms with Crippen molar-refractivity contribution < 1.29 is 19.1 Å². The third-order valence-electron chi connectivity index (χ3n) is 6.24. The fourth-order valence-electron chi connectivity index (χ4n) is 4.71. The summed E-state index contributed by atoms with van der Waals surface area (Å²) < 4.78 is 6.39. The van der Waals surface area contributed by atoms with Crippen molar-refractivity contribution >= 4 is 56.8 Å². The van der Waals surface area contributed by atoms with Gasteiger partial charge in [-0.3, -0.25) is 14.9 Å². The van der Waals surface area contributed by atoms with E-state index in [4.69, 9.17) is 4.74 Å². The number of carbonyl (C=O) groups is 3. The zero-order valence-electron chi connectivity index (χ0n) is 20.4. The van der Waals surface area contributed by atoms with Gasteiger partial charge in [0.1, 0.15) is 11.3 Å². The van der Waals surface area contributed by atoms with Gasteiger partial charge in [-0.2, -0.15) is 0 Å². The standard InChI is InChI=1S/C27H28BrN3O4/c1-6-10-30-22-14-23(35-5)17(11-20(22)16(2)15-27(30,3)4)12-21-24(32)29-26(34)31(25(21)33)19-9-7-8-18(28)13-19/h7-9,11-15H,6,10H2,1-5H3,(H,29,32,34)/b21-12-. The number of urea groups is 1. The van der Waals surface area contributed by atoms with Gasteiger partial charge >= 0.3 is 6.03 Å². The first kappa shape index (κ1) is 24.7. The van der Waals surface area contributed by atoms with E-state index in [2.05, 4.69) is 59.9 Å². The van der Waals surface area contributed by atoms with Crippen molar-refractivity contribution in [3.05, 3.63) is 63.6 Å². The van der Waals surface area contributed by atoms with E-state index in [0.29, 0.717) is 21.5 Å². The lowest BCUT2D eigenvalue weighted by molar-refractivity contribution is -0.122. The summed E-state index contributed by atoms with van der Waals surface area (Å²) in [4.78, 5) is 41.9. The minimum Gasteiger partial charge on any atom is -0.496 e. The molecule has 35 heavy (non-hydrogen) atoms. The molecule has 1 N–H and O–H groups in total. The third-order valence-corrected chi connectivity index (χ3v) is 6.74. The highest BCUT2D eigenvalue weighted by Crippen LogP contribution is 2.43. The maximum Gasteiger partial charge on any atom is 0.335 e. The Morgan fingerprint density at radius 2 is 1.89 bits per heavy atom. The highest BCUT2D eigenvalue weighted by atomic mass is 79.9. The number of halogens is 1. The summed E-state index contributed by atoms with van der Waals surface area (Å²) in [5.41, 5.74) is 3.78. The first-order chi connectivity index (χ1) is 16.6. The van der Waals surface area contributed by atoms with E-state index < -0.39 is 17.8 Å². The van der Waals surface area contributed by atoms with Crippen LogP contribution in [-0.4, -0.2) is 37.0 Å². The van der Waals surface area contributed by atoms with Crippen LogP contribution in [0.4, 0.5) is 16.2 Å². The van der Waals surface area contributed by atoms with E-state index in [9.17, 15) is 14.4 Å². The van der Waals surface area contributed by atoms with Gasteiger partial charge in [-0.25, -0.2) is 9.69 Å². The molecule has 8 heteroatoms. The highest BCUT2D eigenvalue weighted by Gasteiger charge is 2.37. The number of hydrogen-bond acceptors (Lipinski definition) is 5. The zero-order valence-corrected chi connectivity index (χ0v) is 22.0. The number of anilines is 2. The van der Waals surface area contributed by atoms with Crippen LogP contribution < -0.4 is 19.9 Å². The van der Waals surface area contributed by atoms with E-state index in [-0.39, 0.29) is 11.1 Å². The Morgan fingerprint density at radius 1 is 1.14 bits per heavy atom. The lowest BCUT2D eigenvalue weighted by atomic mass is 9.87. The van der Waals surface area contributed by atoms with Gasteiger partial charge in [0.05, 0.1) is 18.3 Å². The smallest absolute Gasteiger partial charge is 0.335 e. The van der Waals surface area contributed by atoms with E-state index in [1.165, 1.54) is 6.08 Å². The number of barbiturate groups is 1. The number of hydrogen-bond donors (Lipinski definition) is 1. The fourth-order valence-corrected chi connectivity index (χ4v) is 5.09. The molecule has 0 aromatic heterocycles. The van der Waals surface area contributed by atoms with Gasteiger partial charge in [-0.05, 0) is 63.1 Å². The first-order valence-electron chi connectivity index (χ1n) is 11.4. The molecule has 182 valence electrons. The molecule has 0 bridgehead atoms. The van der Waals surface area contributed by atoms with Crippen molar-refractivity contribution in [2.45, 2.75) is 39.7 Å². The molecule has 0 aliphatic carbocycles. The van der Waals surface area contributed by atoms with Gasteiger partial charge in [0, 0.05) is 33.9 Å². The lowest BCUT2D eigenvalue weighted by Gasteiger charge is -2.43. The predicted octanol–water partition coefficient (Wildman–Crippen LogP) is 5.54. The SMILES string of the molecule is CCCN1c2cc(OC)c(/C=C3/C(=O)NC(=O)N(c4cccc(Br)c4)C3=O)cc2C(C)=CC1(C)C. The second kappa shape index (κ2) is 9.34. The topological polar surface area (TPSA) is 79.0 Å². The molecule has 2 aromatic carbocycles. The van der Waals surface area contributed by atoms with E-state index in [1.54, 1.807) is 31.4 Å². The van der Waals surface area contributed by atoms with Gasteiger partial charge in [0.2, 0.25) is 0 Å². The number of amides is 4. The number of nitrogens with zero attached hydrogens (tertiary/aromatic N) is 2. The van der Waals surface area contributed by atoms with Crippen LogP contribution in [0.2, 0.25) is 0 Å². The number of nitrogens with one attached hydrogen (secondary N) is 1. The molecular weight excluding hydrogens is 510 g/mol. The van der Waals surface area contributed by atoms with Gasteiger partial charge in [-0.15, -0.1) is 0 Å². The maximum absolute atomic E-state index is 13.3. The zero-order chi connectivity index (χ0) is 25.5. The van der Waals surface area contributed by atoms with Gasteiger partial charge in [0.15, 0.2) is 0 Å². The largest absolute Gasteiger partial charge is 0.496 e. The molecule has 1 saturated heterocycles. The van der Waals surface area contributed by atoms with Crippen molar-refractivity contribution in [3.63, 3.8) is 0 Å². The molecule has 2 aromatic rings. The molecule has 0 unspecified atom stereocenters. The van der Waals surface area contributed by atoms with Gasteiger partial charge in [-0.1, -0.05) is 35.0 Å². The number of carbonyl (C=O) groups excluding carboxylic acids is 3. The Balaban J connectivity index is 1.83. The molecule has 4 rings (SSSR count). The van der Waals surface area contributed by atoms with Crippen LogP contribution in [0.3, 0.4) is 0 Å². The molecule has 1 fully saturated rings. The Kier molecular flexibility index (Phi) is 6.60. The molecule has 7 nitrogen and oxygen atoms in total. The lowest BCUT2D eigenvalue weighted by Crippen LogP contribution is -2.54. The monoisotopic (exact) mass is 537 g/mol. The molecule has 0 atom stereocenters. The highest BCUT2D eigenvalue weighted by molar-refractivity contribution is 9.10. The predicted molar refractivity (Wildman–Crippen MR) is 142 cm³/mol. The second-order valence-electron chi connectivity index (χ2n) is 9.18. The van der Waals surface area contributed by atoms with Crippen molar-refractivity contribution in [2.75, 3.05) is 23.5 Å².